The molecule has 0 aromatic carbocycles. The van der Waals surface area contributed by atoms with Crippen LogP contribution >= 0.6 is 0 Å². The van der Waals surface area contributed by atoms with Gasteiger partial charge in [-0.05, 0) is 6.92 Å². The Morgan fingerprint density at radius 1 is 1.90 bits per heavy atom. The molecule has 0 radical (unpaired) electrons. The van der Waals surface area contributed by atoms with E-state index in [1.807, 2.05) is 6.92 Å². The van der Waals surface area contributed by atoms with Gasteiger partial charge in [-0.3, -0.25) is 4.79 Å². The Labute approximate surface area is 57.9 Å². The molecule has 1 aromatic heterocycles. The van der Waals surface area contributed by atoms with Crippen molar-refractivity contribution in [1.82, 2.24) is 14.8 Å². The standard InChI is InChI=1S/C5H8N4O/c1-2-9-5(4(6)10)7-3-8-9/h3H,2H2,1H3,(H2,6,10). The van der Waals surface area contributed by atoms with E-state index in [4.69, 9.17) is 5.73 Å². The average Bonchev–Trinajstić information content (AvgIpc) is 2.33. The van der Waals surface area contributed by atoms with Crippen molar-refractivity contribution in [2.75, 3.05) is 0 Å². The van der Waals surface area contributed by atoms with Crippen LogP contribution in [0.25, 0.3) is 0 Å². The maximum atomic E-state index is 10.5. The number of rotatable bonds is 2. The Hall–Kier alpha value is -1.39. The van der Waals surface area contributed by atoms with Crippen LogP contribution in [0.3, 0.4) is 0 Å². The molecule has 0 aliphatic rings. The molecule has 0 bridgehead atoms. The Balaban J connectivity index is 3.01. The van der Waals surface area contributed by atoms with Gasteiger partial charge in [0.05, 0.1) is 0 Å². The quantitative estimate of drug-likeness (QED) is 0.595. The summed E-state index contributed by atoms with van der Waals surface area (Å²) in [7, 11) is 0. The second-order valence-corrected chi connectivity index (χ2v) is 1.76. The van der Waals surface area contributed by atoms with E-state index in [0.717, 1.165) is 0 Å². The summed E-state index contributed by atoms with van der Waals surface area (Å²) >= 11 is 0. The molecule has 5 nitrogen and oxygen atoms in total. The fraction of sp³-hybridized carbons (Fsp3) is 0.400. The number of primary amides is 1. The van der Waals surface area contributed by atoms with Gasteiger partial charge in [0.15, 0.2) is 0 Å². The fourth-order valence-corrected chi connectivity index (χ4v) is 0.686. The SMILES string of the molecule is CCn1ncnc1C(N)=O. The van der Waals surface area contributed by atoms with Gasteiger partial charge < -0.3 is 5.73 Å². The smallest absolute Gasteiger partial charge is 0.286 e. The molecule has 1 amide bonds. The minimum absolute atomic E-state index is 0.211. The van der Waals surface area contributed by atoms with Crippen molar-refractivity contribution in [1.29, 1.82) is 0 Å². The number of amides is 1. The number of aryl methyl sites for hydroxylation is 1. The normalized spacial score (nSPS) is 9.70. The van der Waals surface area contributed by atoms with Crippen LogP contribution in [0, 0.1) is 0 Å². The van der Waals surface area contributed by atoms with E-state index in [0.29, 0.717) is 6.54 Å². The van der Waals surface area contributed by atoms with Crippen LogP contribution < -0.4 is 5.73 Å². The van der Waals surface area contributed by atoms with Crippen LogP contribution in [0.4, 0.5) is 0 Å². The van der Waals surface area contributed by atoms with Crippen molar-refractivity contribution in [3.63, 3.8) is 0 Å². The molecule has 0 saturated heterocycles. The van der Waals surface area contributed by atoms with Crippen LogP contribution in [0.2, 0.25) is 0 Å². The highest BCUT2D eigenvalue weighted by Crippen LogP contribution is 1.90. The van der Waals surface area contributed by atoms with Crippen molar-refractivity contribution in [3.8, 4) is 0 Å². The van der Waals surface area contributed by atoms with Crippen molar-refractivity contribution in [2.24, 2.45) is 5.73 Å². The van der Waals surface area contributed by atoms with Crippen molar-refractivity contribution < 1.29 is 4.79 Å². The second-order valence-electron chi connectivity index (χ2n) is 1.76. The van der Waals surface area contributed by atoms with Crippen LogP contribution in [0.5, 0.6) is 0 Å². The van der Waals surface area contributed by atoms with Gasteiger partial charge in [0.1, 0.15) is 6.33 Å². The number of nitrogens with two attached hydrogens (primary N) is 1. The molecule has 0 aliphatic carbocycles. The average molecular weight is 140 g/mol. The Bertz CT molecular complexity index is 242. The third kappa shape index (κ3) is 0.975. The predicted octanol–water partition coefficient (Wildman–Crippen LogP) is -0.603. The predicted molar refractivity (Wildman–Crippen MR) is 34.2 cm³/mol. The lowest BCUT2D eigenvalue weighted by molar-refractivity contribution is 0.0985. The van der Waals surface area contributed by atoms with Gasteiger partial charge in [0, 0.05) is 6.54 Å². The number of hydrogen-bond donors (Lipinski definition) is 1. The van der Waals surface area contributed by atoms with Gasteiger partial charge in [-0.2, -0.15) is 5.10 Å². The van der Waals surface area contributed by atoms with Crippen molar-refractivity contribution in [3.05, 3.63) is 12.2 Å². The Kier molecular flexibility index (Phi) is 1.66. The Morgan fingerprint density at radius 2 is 2.60 bits per heavy atom. The van der Waals surface area contributed by atoms with E-state index in [9.17, 15) is 4.79 Å². The molecule has 0 unspecified atom stereocenters. The summed E-state index contributed by atoms with van der Waals surface area (Å²) < 4.78 is 1.45. The number of carbonyl (C=O) groups is 1. The summed E-state index contributed by atoms with van der Waals surface area (Å²) in [6.45, 7) is 2.47. The maximum absolute atomic E-state index is 10.5. The minimum Gasteiger partial charge on any atom is -0.363 e. The maximum Gasteiger partial charge on any atom is 0.286 e. The third-order valence-corrected chi connectivity index (χ3v) is 1.14. The van der Waals surface area contributed by atoms with Crippen molar-refractivity contribution >= 4 is 5.91 Å². The summed E-state index contributed by atoms with van der Waals surface area (Å²) in [5.74, 6) is -0.332. The molecule has 1 aromatic rings. The van der Waals surface area contributed by atoms with Crippen molar-refractivity contribution in [2.45, 2.75) is 13.5 Å². The van der Waals surface area contributed by atoms with Crippen LogP contribution in [-0.4, -0.2) is 20.7 Å². The first-order valence-electron chi connectivity index (χ1n) is 2.93. The molecule has 0 fully saturated rings. The van der Waals surface area contributed by atoms with Crippen LogP contribution in [-0.2, 0) is 6.54 Å². The molecule has 0 saturated carbocycles. The lowest BCUT2D eigenvalue weighted by Crippen LogP contribution is -2.18. The molecule has 0 spiro atoms. The molecular formula is C5H8N4O. The summed E-state index contributed by atoms with van der Waals surface area (Å²) in [4.78, 5) is 14.2. The molecule has 2 N–H and O–H groups in total. The number of hydrogen-bond acceptors (Lipinski definition) is 3. The molecule has 1 rings (SSSR count). The van der Waals surface area contributed by atoms with Gasteiger partial charge in [-0.25, -0.2) is 9.67 Å². The molecule has 10 heavy (non-hydrogen) atoms. The highest BCUT2D eigenvalue weighted by molar-refractivity contribution is 5.88. The number of nitrogens with zero attached hydrogens (tertiary/aromatic N) is 3. The zero-order chi connectivity index (χ0) is 7.56. The second kappa shape index (κ2) is 2.47. The molecule has 0 aliphatic heterocycles. The molecular weight excluding hydrogens is 132 g/mol. The highest BCUT2D eigenvalue weighted by Gasteiger charge is 2.06. The largest absolute Gasteiger partial charge is 0.363 e. The molecule has 5 heteroatoms. The Morgan fingerprint density at radius 3 is 3.00 bits per heavy atom. The van der Waals surface area contributed by atoms with Gasteiger partial charge in [0.25, 0.3) is 5.91 Å². The van der Waals surface area contributed by atoms with E-state index in [-0.39, 0.29) is 5.82 Å². The zero-order valence-electron chi connectivity index (χ0n) is 5.61. The van der Waals surface area contributed by atoms with Gasteiger partial charge in [0.2, 0.25) is 5.82 Å². The van der Waals surface area contributed by atoms with E-state index >= 15 is 0 Å². The van der Waals surface area contributed by atoms with Gasteiger partial charge in [-0.15, -0.1) is 0 Å². The van der Waals surface area contributed by atoms with E-state index in [2.05, 4.69) is 10.1 Å². The molecule has 0 atom stereocenters. The fourth-order valence-electron chi connectivity index (χ4n) is 0.686. The summed E-state index contributed by atoms with van der Waals surface area (Å²) in [5, 5.41) is 3.76. The summed E-state index contributed by atoms with van der Waals surface area (Å²) in [6, 6.07) is 0. The van der Waals surface area contributed by atoms with Gasteiger partial charge in [-0.1, -0.05) is 0 Å². The number of carbonyl (C=O) groups excluding carboxylic acids is 1. The van der Waals surface area contributed by atoms with E-state index < -0.39 is 5.91 Å². The topological polar surface area (TPSA) is 73.8 Å². The monoisotopic (exact) mass is 140 g/mol. The van der Waals surface area contributed by atoms with Crippen LogP contribution in [0.1, 0.15) is 17.5 Å². The first-order chi connectivity index (χ1) is 4.75. The third-order valence-electron chi connectivity index (χ3n) is 1.14. The summed E-state index contributed by atoms with van der Waals surface area (Å²) in [5.41, 5.74) is 4.97. The summed E-state index contributed by atoms with van der Waals surface area (Å²) in [6.07, 6.45) is 1.31. The van der Waals surface area contributed by atoms with E-state index in [1.165, 1.54) is 11.0 Å². The van der Waals surface area contributed by atoms with E-state index in [1.54, 1.807) is 0 Å². The van der Waals surface area contributed by atoms with Gasteiger partial charge >= 0.3 is 0 Å². The molecule has 54 valence electrons. The zero-order valence-corrected chi connectivity index (χ0v) is 5.61. The number of aromatic nitrogens is 3. The minimum atomic E-state index is -0.542. The molecule has 1 heterocycles. The lowest BCUT2D eigenvalue weighted by atomic mass is 10.5. The lowest BCUT2D eigenvalue weighted by Gasteiger charge is -1.95. The van der Waals surface area contributed by atoms with Crippen LogP contribution in [0.15, 0.2) is 6.33 Å². The first kappa shape index (κ1) is 6.73. The first-order valence-corrected chi connectivity index (χ1v) is 2.93. The highest BCUT2D eigenvalue weighted by atomic mass is 16.1.